The highest BCUT2D eigenvalue weighted by Gasteiger charge is 2.14. The van der Waals surface area contributed by atoms with Crippen LogP contribution in [0.1, 0.15) is 22.4 Å². The molecule has 0 fully saturated rings. The quantitative estimate of drug-likeness (QED) is 0.577. The predicted molar refractivity (Wildman–Crippen MR) is 93.7 cm³/mol. The number of aryl methyl sites for hydroxylation is 1. The molecule has 0 spiro atoms. The van der Waals surface area contributed by atoms with Crippen molar-refractivity contribution in [2.75, 3.05) is 13.7 Å². The zero-order valence-corrected chi connectivity index (χ0v) is 14.4. The monoisotopic (exact) mass is 354 g/mol. The van der Waals surface area contributed by atoms with Crippen LogP contribution in [0.2, 0.25) is 0 Å². The number of methoxy groups -OCH3 is 1. The number of phenols is 1. The number of benzene rings is 1. The summed E-state index contributed by atoms with van der Waals surface area (Å²) in [6, 6.07) is 10.2. The van der Waals surface area contributed by atoms with Crippen molar-refractivity contribution in [3.8, 4) is 17.7 Å². The van der Waals surface area contributed by atoms with Crippen LogP contribution in [0.25, 0.3) is 0 Å². The minimum atomic E-state index is -0.512. The normalized spacial score (nSPS) is 10.5. The average molecular weight is 354 g/mol. The third kappa shape index (κ3) is 5.29. The highest BCUT2D eigenvalue weighted by Crippen LogP contribution is 2.21. The van der Waals surface area contributed by atoms with Crippen LogP contribution >= 0.6 is 0 Å². The summed E-state index contributed by atoms with van der Waals surface area (Å²) in [4.78, 5) is 16.0. The van der Waals surface area contributed by atoms with Crippen molar-refractivity contribution >= 4 is 12.1 Å². The van der Waals surface area contributed by atoms with Gasteiger partial charge in [-0.1, -0.05) is 12.1 Å². The van der Waals surface area contributed by atoms with E-state index in [1.807, 2.05) is 6.07 Å². The fourth-order valence-electron chi connectivity index (χ4n) is 2.15. The molecule has 26 heavy (non-hydrogen) atoms. The maximum absolute atomic E-state index is 11.8. The van der Waals surface area contributed by atoms with Crippen molar-refractivity contribution in [1.82, 2.24) is 10.4 Å². The Balaban J connectivity index is 1.98. The van der Waals surface area contributed by atoms with Crippen LogP contribution in [0.4, 0.5) is 0 Å². The molecule has 2 rings (SSSR count). The lowest BCUT2D eigenvalue weighted by Crippen LogP contribution is -2.25. The number of pyridine rings is 1. The Kier molecular flexibility index (Phi) is 6.65. The fourth-order valence-corrected chi connectivity index (χ4v) is 2.15. The molecule has 0 aliphatic heterocycles. The number of nitriles is 1. The van der Waals surface area contributed by atoms with Gasteiger partial charge in [0.25, 0.3) is 5.91 Å². The number of rotatable bonds is 7. The van der Waals surface area contributed by atoms with E-state index in [1.54, 1.807) is 25.1 Å². The molecule has 0 aliphatic carbocycles. The molecule has 8 nitrogen and oxygen atoms in total. The number of amides is 1. The Hall–Kier alpha value is -3.44. The second-order valence-corrected chi connectivity index (χ2v) is 5.32. The van der Waals surface area contributed by atoms with Crippen LogP contribution in [-0.2, 0) is 16.1 Å². The van der Waals surface area contributed by atoms with Gasteiger partial charge in [-0.2, -0.15) is 10.4 Å². The van der Waals surface area contributed by atoms with Crippen molar-refractivity contribution in [1.29, 1.82) is 5.26 Å². The second-order valence-electron chi connectivity index (χ2n) is 5.32. The molecule has 0 bridgehead atoms. The number of hydrogen-bond donors (Lipinski definition) is 2. The van der Waals surface area contributed by atoms with Gasteiger partial charge in [-0.3, -0.25) is 4.79 Å². The standard InChI is InChI=1S/C18H18N4O4/c1-12-6-14(10-25-2)16(8-19)18(21-12)26-11-17(24)22-20-9-13-4-3-5-15(23)7-13/h3-7,9,23H,10-11H2,1-2H3,(H,22,24)/b20-9+. The third-order valence-corrected chi connectivity index (χ3v) is 3.22. The molecular weight excluding hydrogens is 336 g/mol. The smallest absolute Gasteiger partial charge is 0.278 e. The summed E-state index contributed by atoms with van der Waals surface area (Å²) in [5, 5.41) is 22.4. The summed E-state index contributed by atoms with van der Waals surface area (Å²) < 4.78 is 10.4. The minimum Gasteiger partial charge on any atom is -0.508 e. The molecule has 0 radical (unpaired) electrons. The lowest BCUT2D eigenvalue weighted by Gasteiger charge is -2.10. The van der Waals surface area contributed by atoms with Crippen LogP contribution in [0.15, 0.2) is 35.4 Å². The first-order valence-corrected chi connectivity index (χ1v) is 7.66. The summed E-state index contributed by atoms with van der Waals surface area (Å²) in [6.45, 7) is 1.64. The van der Waals surface area contributed by atoms with Crippen LogP contribution in [0.5, 0.6) is 11.6 Å². The molecule has 1 aromatic carbocycles. The Morgan fingerprint density at radius 1 is 1.46 bits per heavy atom. The molecule has 2 aromatic rings. The topological polar surface area (TPSA) is 117 Å². The molecule has 0 atom stereocenters. The average Bonchev–Trinajstić information content (AvgIpc) is 2.60. The number of nitrogens with zero attached hydrogens (tertiary/aromatic N) is 3. The molecule has 1 aromatic heterocycles. The van der Waals surface area contributed by atoms with Crippen molar-refractivity contribution < 1.29 is 19.4 Å². The zero-order chi connectivity index (χ0) is 18.9. The van der Waals surface area contributed by atoms with Crippen LogP contribution in [0, 0.1) is 18.3 Å². The number of nitrogens with one attached hydrogen (secondary N) is 1. The highest BCUT2D eigenvalue weighted by atomic mass is 16.5. The number of carbonyl (C=O) groups excluding carboxylic acids is 1. The van der Waals surface area contributed by atoms with E-state index in [0.717, 1.165) is 0 Å². The first-order valence-electron chi connectivity index (χ1n) is 7.66. The van der Waals surface area contributed by atoms with Gasteiger partial charge in [-0.25, -0.2) is 10.4 Å². The highest BCUT2D eigenvalue weighted by molar-refractivity contribution is 5.83. The van der Waals surface area contributed by atoms with Gasteiger partial charge in [-0.15, -0.1) is 0 Å². The van der Waals surface area contributed by atoms with E-state index in [1.165, 1.54) is 25.5 Å². The first kappa shape index (κ1) is 18.9. The number of carbonyl (C=O) groups is 1. The Morgan fingerprint density at radius 2 is 2.27 bits per heavy atom. The first-order chi connectivity index (χ1) is 12.5. The molecule has 0 aliphatic rings. The van der Waals surface area contributed by atoms with E-state index in [4.69, 9.17) is 9.47 Å². The van der Waals surface area contributed by atoms with Crippen LogP contribution in [0.3, 0.4) is 0 Å². The maximum Gasteiger partial charge on any atom is 0.278 e. The molecule has 1 amide bonds. The van der Waals surface area contributed by atoms with Crippen molar-refractivity contribution in [3.63, 3.8) is 0 Å². The molecule has 2 N–H and O–H groups in total. The number of aromatic hydroxyl groups is 1. The van der Waals surface area contributed by atoms with Gasteiger partial charge in [0.15, 0.2) is 6.61 Å². The van der Waals surface area contributed by atoms with Gasteiger partial charge in [0.1, 0.15) is 17.4 Å². The Bertz CT molecular complexity index is 859. The van der Waals surface area contributed by atoms with Crippen molar-refractivity contribution in [2.45, 2.75) is 13.5 Å². The van der Waals surface area contributed by atoms with Gasteiger partial charge in [0.05, 0.1) is 12.8 Å². The summed E-state index contributed by atoms with van der Waals surface area (Å²) in [7, 11) is 1.52. The maximum atomic E-state index is 11.8. The Labute approximate surface area is 150 Å². The molecule has 1 heterocycles. The van der Waals surface area contributed by atoms with E-state index < -0.39 is 5.91 Å². The fraction of sp³-hybridized carbons (Fsp3) is 0.222. The number of hydrogen-bond acceptors (Lipinski definition) is 7. The number of aromatic nitrogens is 1. The van der Waals surface area contributed by atoms with Crippen LogP contribution < -0.4 is 10.2 Å². The van der Waals surface area contributed by atoms with Gasteiger partial charge < -0.3 is 14.6 Å². The van der Waals surface area contributed by atoms with Gasteiger partial charge in [-0.05, 0) is 30.7 Å². The Morgan fingerprint density at radius 3 is 2.96 bits per heavy atom. The summed E-state index contributed by atoms with van der Waals surface area (Å²) in [5.41, 5.74) is 4.44. The molecule has 134 valence electrons. The molecule has 0 saturated carbocycles. The van der Waals surface area contributed by atoms with E-state index in [2.05, 4.69) is 15.5 Å². The number of hydrazone groups is 1. The van der Waals surface area contributed by atoms with Gasteiger partial charge in [0.2, 0.25) is 5.88 Å². The molecular formula is C18H18N4O4. The summed E-state index contributed by atoms with van der Waals surface area (Å²) >= 11 is 0. The predicted octanol–water partition coefficient (Wildman–Crippen LogP) is 1.64. The number of phenolic OH excluding ortho intramolecular Hbond substituents is 1. The lowest BCUT2D eigenvalue weighted by atomic mass is 10.1. The van der Waals surface area contributed by atoms with E-state index in [0.29, 0.717) is 16.8 Å². The third-order valence-electron chi connectivity index (χ3n) is 3.22. The van der Waals surface area contributed by atoms with Crippen molar-refractivity contribution in [2.24, 2.45) is 5.10 Å². The largest absolute Gasteiger partial charge is 0.508 e. The molecule has 0 saturated heterocycles. The second kappa shape index (κ2) is 9.15. The number of ether oxygens (including phenoxy) is 2. The lowest BCUT2D eigenvalue weighted by molar-refractivity contribution is -0.123. The van der Waals surface area contributed by atoms with E-state index in [-0.39, 0.29) is 30.4 Å². The van der Waals surface area contributed by atoms with Gasteiger partial charge in [0, 0.05) is 18.4 Å². The summed E-state index contributed by atoms with van der Waals surface area (Å²) in [6.07, 6.45) is 1.39. The molecule has 8 heteroatoms. The van der Waals surface area contributed by atoms with Crippen LogP contribution in [-0.4, -0.2) is 35.9 Å². The minimum absolute atomic E-state index is 0.0756. The van der Waals surface area contributed by atoms with E-state index in [9.17, 15) is 15.2 Å². The van der Waals surface area contributed by atoms with Crippen molar-refractivity contribution in [3.05, 3.63) is 52.7 Å². The van der Waals surface area contributed by atoms with E-state index >= 15 is 0 Å². The zero-order valence-electron chi connectivity index (χ0n) is 14.4. The molecule has 0 unspecified atom stereocenters. The SMILES string of the molecule is COCc1cc(C)nc(OCC(=O)N/N=C/c2cccc(O)c2)c1C#N. The van der Waals surface area contributed by atoms with Gasteiger partial charge >= 0.3 is 0 Å². The summed E-state index contributed by atoms with van der Waals surface area (Å²) in [5.74, 6) is -0.335.